The van der Waals surface area contributed by atoms with E-state index in [-0.39, 0.29) is 29.3 Å². The summed E-state index contributed by atoms with van der Waals surface area (Å²) in [4.78, 5) is 17.4. The van der Waals surface area contributed by atoms with Crippen LogP contribution in [0.1, 0.15) is 44.9 Å². The molecule has 2 saturated heterocycles. The predicted molar refractivity (Wildman–Crippen MR) is 94.9 cm³/mol. The van der Waals surface area contributed by atoms with Crippen LogP contribution in [0.3, 0.4) is 0 Å². The second kappa shape index (κ2) is 6.60. The van der Waals surface area contributed by atoms with E-state index in [1.54, 1.807) is 6.07 Å². The largest absolute Gasteiger partial charge is 0.393 e. The third-order valence-electron chi connectivity index (χ3n) is 6.42. The van der Waals surface area contributed by atoms with Gasteiger partial charge in [-0.25, -0.2) is 4.39 Å². The van der Waals surface area contributed by atoms with Crippen molar-refractivity contribution in [2.75, 3.05) is 24.5 Å². The summed E-state index contributed by atoms with van der Waals surface area (Å²) in [5.41, 5.74) is 0.268. The molecule has 0 unspecified atom stereocenters. The molecule has 1 spiro atoms. The zero-order valence-electron chi connectivity index (χ0n) is 14.7. The molecule has 1 aromatic carbocycles. The quantitative estimate of drug-likeness (QED) is 0.895. The first-order valence-corrected chi connectivity index (χ1v) is 9.58. The summed E-state index contributed by atoms with van der Waals surface area (Å²) >= 11 is 0. The summed E-state index contributed by atoms with van der Waals surface area (Å²) < 4.78 is 14.2. The topological polar surface area (TPSA) is 43.8 Å². The molecule has 2 aliphatic heterocycles. The van der Waals surface area contributed by atoms with Gasteiger partial charge in [0.2, 0.25) is 5.91 Å². The van der Waals surface area contributed by atoms with E-state index in [1.165, 1.54) is 6.07 Å². The Balaban J connectivity index is 1.50. The molecule has 136 valence electrons. The van der Waals surface area contributed by atoms with E-state index in [0.717, 1.165) is 58.0 Å². The molecule has 0 aromatic heterocycles. The van der Waals surface area contributed by atoms with Crippen molar-refractivity contribution in [3.8, 4) is 0 Å². The maximum absolute atomic E-state index is 14.2. The number of para-hydroxylation sites is 1. The lowest BCUT2D eigenvalue weighted by Gasteiger charge is -2.41. The van der Waals surface area contributed by atoms with Gasteiger partial charge < -0.3 is 14.9 Å². The van der Waals surface area contributed by atoms with Crippen molar-refractivity contribution in [3.63, 3.8) is 0 Å². The van der Waals surface area contributed by atoms with E-state index < -0.39 is 0 Å². The summed E-state index contributed by atoms with van der Waals surface area (Å²) in [6, 6.07) is 7.15. The van der Waals surface area contributed by atoms with Gasteiger partial charge in [0.15, 0.2) is 0 Å². The molecule has 2 heterocycles. The van der Waals surface area contributed by atoms with Crippen LogP contribution in [0.15, 0.2) is 24.3 Å². The van der Waals surface area contributed by atoms with Gasteiger partial charge in [0.1, 0.15) is 5.82 Å². The van der Waals surface area contributed by atoms with Crippen LogP contribution in [0.2, 0.25) is 0 Å². The fourth-order valence-electron chi connectivity index (χ4n) is 4.99. The number of nitrogens with zero attached hydrogens (tertiary/aromatic N) is 2. The van der Waals surface area contributed by atoms with Crippen molar-refractivity contribution >= 4 is 11.6 Å². The van der Waals surface area contributed by atoms with E-state index in [4.69, 9.17) is 0 Å². The normalized spacial score (nSPS) is 33.3. The van der Waals surface area contributed by atoms with Crippen LogP contribution >= 0.6 is 0 Å². The number of rotatable bonds is 2. The van der Waals surface area contributed by atoms with Crippen LogP contribution in [0.5, 0.6) is 0 Å². The van der Waals surface area contributed by atoms with Crippen molar-refractivity contribution in [1.29, 1.82) is 0 Å². The number of hydrogen-bond acceptors (Lipinski definition) is 3. The zero-order valence-corrected chi connectivity index (χ0v) is 14.7. The van der Waals surface area contributed by atoms with Gasteiger partial charge in [0, 0.05) is 25.7 Å². The highest BCUT2D eigenvalue weighted by atomic mass is 19.1. The monoisotopic (exact) mass is 346 g/mol. The van der Waals surface area contributed by atoms with Crippen LogP contribution in [0.4, 0.5) is 10.1 Å². The first-order chi connectivity index (χ1) is 12.1. The number of benzene rings is 1. The molecule has 0 bridgehead atoms. The molecule has 1 amide bonds. The molecule has 1 atom stereocenters. The molecular formula is C20H27FN2O2. The van der Waals surface area contributed by atoms with Crippen LogP contribution in [0.25, 0.3) is 0 Å². The number of aliphatic hydroxyl groups is 1. The molecule has 1 N–H and O–H groups in total. The Morgan fingerprint density at radius 2 is 1.84 bits per heavy atom. The number of amides is 1. The maximum atomic E-state index is 14.2. The summed E-state index contributed by atoms with van der Waals surface area (Å²) in [5.74, 6) is 0.0537. The number of carbonyl (C=O) groups is 1. The van der Waals surface area contributed by atoms with Gasteiger partial charge in [0.25, 0.3) is 0 Å². The van der Waals surface area contributed by atoms with Crippen LogP contribution in [0, 0.1) is 11.2 Å². The van der Waals surface area contributed by atoms with Crippen molar-refractivity contribution in [1.82, 2.24) is 4.90 Å². The lowest BCUT2D eigenvalue weighted by atomic mass is 9.78. The highest BCUT2D eigenvalue weighted by molar-refractivity contribution is 5.86. The molecule has 3 aliphatic rings. The Labute approximate surface area is 148 Å². The molecular weight excluding hydrogens is 319 g/mol. The molecule has 1 aliphatic carbocycles. The molecule has 4 rings (SSSR count). The lowest BCUT2D eigenvalue weighted by molar-refractivity contribution is -0.139. The first kappa shape index (κ1) is 16.8. The average Bonchev–Trinajstić information content (AvgIpc) is 2.92. The summed E-state index contributed by atoms with van der Waals surface area (Å²) in [5, 5.41) is 9.72. The van der Waals surface area contributed by atoms with Crippen molar-refractivity contribution in [2.45, 2.75) is 57.1 Å². The molecule has 1 saturated carbocycles. The summed E-state index contributed by atoms with van der Waals surface area (Å²) in [6.45, 7) is 2.24. The number of likely N-dealkylation sites (tertiary alicyclic amines) is 1. The zero-order chi connectivity index (χ0) is 17.4. The second-order valence-corrected chi connectivity index (χ2v) is 7.97. The van der Waals surface area contributed by atoms with Gasteiger partial charge in [-0.2, -0.15) is 0 Å². The Morgan fingerprint density at radius 1 is 1.08 bits per heavy atom. The fraction of sp³-hybridized carbons (Fsp3) is 0.650. The van der Waals surface area contributed by atoms with Crippen LogP contribution < -0.4 is 4.90 Å². The fourth-order valence-corrected chi connectivity index (χ4v) is 4.99. The standard InChI is InChI=1S/C20H27FN2O2/c21-17-4-1-2-5-18(17)22-12-3-10-20(14-22)11-13-23(19(20)25)15-6-8-16(24)9-7-15/h1-2,4-5,15-16,24H,3,6-14H2/t15?,16?,20-/m1/s1. The number of aliphatic hydroxyl groups excluding tert-OH is 1. The van der Waals surface area contributed by atoms with E-state index in [2.05, 4.69) is 9.80 Å². The third-order valence-corrected chi connectivity index (χ3v) is 6.42. The smallest absolute Gasteiger partial charge is 0.230 e. The Morgan fingerprint density at radius 3 is 2.60 bits per heavy atom. The van der Waals surface area contributed by atoms with Crippen molar-refractivity contribution in [3.05, 3.63) is 30.1 Å². The predicted octanol–water partition coefficient (Wildman–Crippen LogP) is 2.95. The van der Waals surface area contributed by atoms with E-state index in [0.29, 0.717) is 12.2 Å². The van der Waals surface area contributed by atoms with Crippen molar-refractivity contribution in [2.24, 2.45) is 5.41 Å². The SMILES string of the molecule is O=C1N(C2CCC(O)CC2)CC[C@@]12CCCN(c1ccccc1F)C2. The molecule has 1 aromatic rings. The maximum Gasteiger partial charge on any atom is 0.230 e. The Kier molecular flexibility index (Phi) is 4.44. The number of piperidine rings is 1. The first-order valence-electron chi connectivity index (χ1n) is 9.58. The van der Waals surface area contributed by atoms with Gasteiger partial charge >= 0.3 is 0 Å². The summed E-state index contributed by atoms with van der Waals surface area (Å²) in [6.07, 6.45) is 5.90. The Hall–Kier alpha value is -1.62. The van der Waals surface area contributed by atoms with Crippen LogP contribution in [-0.2, 0) is 4.79 Å². The van der Waals surface area contributed by atoms with E-state index in [9.17, 15) is 14.3 Å². The van der Waals surface area contributed by atoms with Gasteiger partial charge in [-0.1, -0.05) is 12.1 Å². The Bertz CT molecular complexity index is 644. The van der Waals surface area contributed by atoms with Gasteiger partial charge in [-0.15, -0.1) is 0 Å². The van der Waals surface area contributed by atoms with E-state index >= 15 is 0 Å². The van der Waals surface area contributed by atoms with Gasteiger partial charge in [-0.3, -0.25) is 4.79 Å². The second-order valence-electron chi connectivity index (χ2n) is 7.97. The number of anilines is 1. The number of halogens is 1. The minimum atomic E-state index is -0.351. The highest BCUT2D eigenvalue weighted by Gasteiger charge is 2.50. The minimum absolute atomic E-state index is 0.200. The minimum Gasteiger partial charge on any atom is -0.393 e. The molecule has 0 radical (unpaired) electrons. The lowest BCUT2D eigenvalue weighted by Crippen LogP contribution is -2.50. The van der Waals surface area contributed by atoms with E-state index in [1.807, 2.05) is 12.1 Å². The molecule has 25 heavy (non-hydrogen) atoms. The number of carbonyl (C=O) groups excluding carboxylic acids is 1. The number of hydrogen-bond donors (Lipinski definition) is 1. The third kappa shape index (κ3) is 3.03. The molecule has 3 fully saturated rings. The van der Waals surface area contributed by atoms with Gasteiger partial charge in [-0.05, 0) is 57.1 Å². The summed E-state index contributed by atoms with van der Waals surface area (Å²) in [7, 11) is 0. The van der Waals surface area contributed by atoms with Crippen molar-refractivity contribution < 1.29 is 14.3 Å². The average molecular weight is 346 g/mol. The highest BCUT2D eigenvalue weighted by Crippen LogP contribution is 2.43. The molecule has 4 nitrogen and oxygen atoms in total. The van der Waals surface area contributed by atoms with Crippen LogP contribution in [-0.4, -0.2) is 47.7 Å². The molecule has 5 heteroatoms. The van der Waals surface area contributed by atoms with Gasteiger partial charge in [0.05, 0.1) is 17.2 Å².